The van der Waals surface area contributed by atoms with Crippen molar-refractivity contribution in [3.63, 3.8) is 0 Å². The third kappa shape index (κ3) is 3.61. The van der Waals surface area contributed by atoms with E-state index in [4.69, 9.17) is 9.26 Å². The minimum atomic E-state index is 0.138. The number of fused-ring (bicyclic) bond motifs is 1. The number of nitrogens with zero attached hydrogens (tertiary/aromatic N) is 3. The van der Waals surface area contributed by atoms with E-state index in [1.54, 1.807) is 11.3 Å². The van der Waals surface area contributed by atoms with Gasteiger partial charge in [-0.15, -0.1) is 11.3 Å². The number of anilines is 1. The van der Waals surface area contributed by atoms with E-state index >= 15 is 0 Å². The molecule has 0 spiro atoms. The Morgan fingerprint density at radius 1 is 1.27 bits per heavy atom. The van der Waals surface area contributed by atoms with Crippen molar-refractivity contribution in [2.75, 3.05) is 31.6 Å². The molecular formula is C20H23N3O2S. The molecule has 0 saturated carbocycles. The summed E-state index contributed by atoms with van der Waals surface area (Å²) in [7, 11) is 2.10. The normalized spacial score (nSPS) is 16.6. The van der Waals surface area contributed by atoms with E-state index in [2.05, 4.69) is 47.1 Å². The first-order valence-electron chi connectivity index (χ1n) is 8.91. The number of aromatic nitrogens is 1. The summed E-state index contributed by atoms with van der Waals surface area (Å²) < 4.78 is 11.7. The fourth-order valence-electron chi connectivity index (χ4n) is 3.38. The first-order chi connectivity index (χ1) is 12.7. The third-order valence-corrected chi connectivity index (χ3v) is 5.46. The van der Waals surface area contributed by atoms with Crippen LogP contribution >= 0.6 is 11.3 Å². The molecule has 1 atom stereocenters. The molecule has 0 fully saturated rings. The molecule has 1 aliphatic rings. The summed E-state index contributed by atoms with van der Waals surface area (Å²) >= 11 is 1.66. The van der Waals surface area contributed by atoms with Gasteiger partial charge in [-0.05, 0) is 37.6 Å². The number of para-hydroxylation sites is 2. The van der Waals surface area contributed by atoms with Crippen LogP contribution in [0.4, 0.5) is 5.69 Å². The Kier molecular flexibility index (Phi) is 4.95. The minimum Gasteiger partial charge on any atom is -0.485 e. The molecule has 0 bridgehead atoms. The predicted octanol–water partition coefficient (Wildman–Crippen LogP) is 4.12. The number of benzene rings is 1. The predicted molar refractivity (Wildman–Crippen MR) is 105 cm³/mol. The summed E-state index contributed by atoms with van der Waals surface area (Å²) in [5, 5.41) is 6.25. The Morgan fingerprint density at radius 3 is 2.96 bits per heavy atom. The Balaban J connectivity index is 1.39. The molecule has 26 heavy (non-hydrogen) atoms. The average Bonchev–Trinajstić information content (AvgIpc) is 3.32. The fraction of sp³-hybridized carbons (Fsp3) is 0.350. The molecule has 2 aromatic heterocycles. The van der Waals surface area contributed by atoms with Crippen LogP contribution in [0, 0.1) is 0 Å². The highest BCUT2D eigenvalue weighted by molar-refractivity contribution is 7.13. The van der Waals surface area contributed by atoms with E-state index < -0.39 is 0 Å². The number of rotatable bonds is 6. The fourth-order valence-corrected chi connectivity index (χ4v) is 4.06. The standard InChI is InChI=1S/C20H23N3O2S/c1-3-23-14-16(24-18-8-5-4-7-17(18)23)13-22(2)12-15-11-19(25-21-15)20-9-6-10-26-20/h4-11,16H,3,12-14H2,1-2H3. The second kappa shape index (κ2) is 7.51. The van der Waals surface area contributed by atoms with Gasteiger partial charge < -0.3 is 14.2 Å². The molecule has 0 aliphatic carbocycles. The Morgan fingerprint density at radius 2 is 2.15 bits per heavy atom. The molecule has 0 N–H and O–H groups in total. The van der Waals surface area contributed by atoms with E-state index in [9.17, 15) is 0 Å². The lowest BCUT2D eigenvalue weighted by Crippen LogP contribution is -2.45. The highest BCUT2D eigenvalue weighted by Gasteiger charge is 2.25. The molecule has 5 nitrogen and oxygen atoms in total. The van der Waals surface area contributed by atoms with E-state index in [-0.39, 0.29) is 6.10 Å². The molecule has 0 amide bonds. The SMILES string of the molecule is CCN1CC(CN(C)Cc2cc(-c3cccs3)on2)Oc2ccccc21. The minimum absolute atomic E-state index is 0.138. The summed E-state index contributed by atoms with van der Waals surface area (Å²) in [4.78, 5) is 5.72. The van der Waals surface area contributed by atoms with Crippen LogP contribution in [-0.2, 0) is 6.54 Å². The maximum Gasteiger partial charge on any atom is 0.177 e. The van der Waals surface area contributed by atoms with Gasteiger partial charge in [0.05, 0.1) is 22.8 Å². The van der Waals surface area contributed by atoms with Crippen LogP contribution in [-0.4, -0.2) is 42.8 Å². The van der Waals surface area contributed by atoms with Gasteiger partial charge in [-0.2, -0.15) is 0 Å². The highest BCUT2D eigenvalue weighted by Crippen LogP contribution is 2.33. The number of hydrogen-bond acceptors (Lipinski definition) is 6. The van der Waals surface area contributed by atoms with Gasteiger partial charge in [-0.3, -0.25) is 4.90 Å². The number of likely N-dealkylation sites (N-methyl/N-ethyl adjacent to an activating group) is 2. The van der Waals surface area contributed by atoms with Gasteiger partial charge in [-0.1, -0.05) is 23.4 Å². The smallest absolute Gasteiger partial charge is 0.177 e. The lowest BCUT2D eigenvalue weighted by Gasteiger charge is -2.37. The summed E-state index contributed by atoms with van der Waals surface area (Å²) in [5.41, 5.74) is 2.13. The van der Waals surface area contributed by atoms with Gasteiger partial charge in [-0.25, -0.2) is 0 Å². The van der Waals surface area contributed by atoms with Crippen LogP contribution in [0.15, 0.2) is 52.4 Å². The second-order valence-corrected chi connectivity index (χ2v) is 7.55. The van der Waals surface area contributed by atoms with E-state index in [1.165, 1.54) is 5.69 Å². The summed E-state index contributed by atoms with van der Waals surface area (Å²) in [6.07, 6.45) is 0.138. The Labute approximate surface area is 157 Å². The van der Waals surface area contributed by atoms with Crippen LogP contribution < -0.4 is 9.64 Å². The zero-order valence-electron chi connectivity index (χ0n) is 15.1. The van der Waals surface area contributed by atoms with Gasteiger partial charge in [0.2, 0.25) is 0 Å². The molecule has 6 heteroatoms. The molecule has 3 aromatic rings. The molecular weight excluding hydrogens is 346 g/mol. The van der Waals surface area contributed by atoms with Gasteiger partial charge in [0.25, 0.3) is 0 Å². The van der Waals surface area contributed by atoms with Gasteiger partial charge in [0.1, 0.15) is 11.9 Å². The largest absolute Gasteiger partial charge is 0.485 e. The Bertz CT molecular complexity index is 846. The first-order valence-corrected chi connectivity index (χ1v) is 9.79. The van der Waals surface area contributed by atoms with Crippen molar-refractivity contribution in [2.45, 2.75) is 19.6 Å². The molecule has 1 aromatic carbocycles. The third-order valence-electron chi connectivity index (χ3n) is 4.58. The van der Waals surface area contributed by atoms with Gasteiger partial charge in [0, 0.05) is 25.7 Å². The summed E-state index contributed by atoms with van der Waals surface area (Å²) in [6, 6.07) is 14.4. The topological polar surface area (TPSA) is 41.7 Å². The number of hydrogen-bond donors (Lipinski definition) is 0. The molecule has 4 rings (SSSR count). The number of ether oxygens (including phenoxy) is 1. The van der Waals surface area contributed by atoms with Crippen molar-refractivity contribution < 1.29 is 9.26 Å². The zero-order valence-corrected chi connectivity index (χ0v) is 15.9. The van der Waals surface area contributed by atoms with Crippen LogP contribution in [0.25, 0.3) is 10.6 Å². The van der Waals surface area contributed by atoms with Crippen LogP contribution in [0.5, 0.6) is 5.75 Å². The van der Waals surface area contributed by atoms with Crippen LogP contribution in [0.3, 0.4) is 0 Å². The lowest BCUT2D eigenvalue weighted by molar-refractivity contribution is 0.138. The maximum atomic E-state index is 6.21. The summed E-state index contributed by atoms with van der Waals surface area (Å²) in [5.74, 6) is 1.81. The van der Waals surface area contributed by atoms with Crippen LogP contribution in [0.1, 0.15) is 12.6 Å². The first kappa shape index (κ1) is 17.1. The molecule has 0 saturated heterocycles. The molecule has 1 aliphatic heterocycles. The number of thiophene rings is 1. The van der Waals surface area contributed by atoms with Crippen molar-refractivity contribution in [1.29, 1.82) is 0 Å². The highest BCUT2D eigenvalue weighted by atomic mass is 32.1. The van der Waals surface area contributed by atoms with Crippen molar-refractivity contribution in [1.82, 2.24) is 10.1 Å². The lowest BCUT2D eigenvalue weighted by atomic mass is 10.2. The van der Waals surface area contributed by atoms with E-state index in [1.807, 2.05) is 29.6 Å². The van der Waals surface area contributed by atoms with Crippen molar-refractivity contribution in [2.24, 2.45) is 0 Å². The maximum absolute atomic E-state index is 6.21. The molecule has 136 valence electrons. The monoisotopic (exact) mass is 369 g/mol. The van der Waals surface area contributed by atoms with Crippen molar-refractivity contribution in [3.8, 4) is 16.4 Å². The summed E-state index contributed by atoms with van der Waals surface area (Å²) in [6.45, 7) is 5.64. The molecule has 3 heterocycles. The Hall–Kier alpha value is -2.31. The molecule has 0 radical (unpaired) electrons. The van der Waals surface area contributed by atoms with Gasteiger partial charge in [0.15, 0.2) is 5.76 Å². The zero-order chi connectivity index (χ0) is 17.9. The van der Waals surface area contributed by atoms with Gasteiger partial charge >= 0.3 is 0 Å². The molecule has 1 unspecified atom stereocenters. The quantitative estimate of drug-likeness (QED) is 0.654. The average molecular weight is 369 g/mol. The van der Waals surface area contributed by atoms with E-state index in [0.29, 0.717) is 0 Å². The second-order valence-electron chi connectivity index (χ2n) is 6.60. The van der Waals surface area contributed by atoms with Crippen molar-refractivity contribution in [3.05, 3.63) is 53.5 Å². The van der Waals surface area contributed by atoms with E-state index in [0.717, 1.165) is 48.3 Å². The van der Waals surface area contributed by atoms with Crippen LogP contribution in [0.2, 0.25) is 0 Å². The van der Waals surface area contributed by atoms with Crippen molar-refractivity contribution >= 4 is 17.0 Å².